The van der Waals surface area contributed by atoms with E-state index < -0.39 is 4.92 Å². The number of nitrogens with zero attached hydrogens (tertiary/aromatic N) is 5. The number of aromatic nitrogens is 2. The van der Waals surface area contributed by atoms with Crippen LogP contribution in [0.15, 0.2) is 0 Å². The summed E-state index contributed by atoms with van der Waals surface area (Å²) in [6.45, 7) is 10.5. The Bertz CT molecular complexity index is 656. The van der Waals surface area contributed by atoms with E-state index in [0.29, 0.717) is 30.1 Å². The van der Waals surface area contributed by atoms with Gasteiger partial charge in [-0.3, -0.25) is 15.0 Å². The van der Waals surface area contributed by atoms with E-state index in [0.717, 1.165) is 52.4 Å². The Morgan fingerprint density at radius 3 is 2.56 bits per heavy atom. The molecule has 27 heavy (non-hydrogen) atoms. The molecule has 0 spiro atoms. The van der Waals surface area contributed by atoms with Crippen molar-refractivity contribution in [2.75, 3.05) is 68.4 Å². The molecule has 0 aromatic carbocycles. The third-order valence-corrected chi connectivity index (χ3v) is 5.06. The molecule has 2 aliphatic rings. The van der Waals surface area contributed by atoms with Gasteiger partial charge in [0, 0.05) is 39.3 Å². The summed E-state index contributed by atoms with van der Waals surface area (Å²) in [4.78, 5) is 23.9. The fraction of sp³-hybridized carbons (Fsp3) is 0.765. The maximum absolute atomic E-state index is 11.6. The summed E-state index contributed by atoms with van der Waals surface area (Å²) in [5.41, 5.74) is 5.73. The van der Waals surface area contributed by atoms with Crippen molar-refractivity contribution >= 4 is 23.3 Å². The minimum atomic E-state index is -0.480. The molecule has 2 atom stereocenters. The third kappa shape index (κ3) is 4.95. The fourth-order valence-corrected chi connectivity index (χ4v) is 3.92. The van der Waals surface area contributed by atoms with Gasteiger partial charge in [-0.25, -0.2) is 0 Å². The van der Waals surface area contributed by atoms with Crippen molar-refractivity contribution in [1.29, 1.82) is 0 Å². The summed E-state index contributed by atoms with van der Waals surface area (Å²) in [5.74, 6) is 1.46. The highest BCUT2D eigenvalue weighted by atomic mass is 16.6. The normalized spacial score (nSPS) is 24.0. The SMILES string of the molecule is C[C@@H]1C[C@H](C)CN(c2nc(NCCN3CCOCC3)nc(N)c2[N+](=O)[O-])C1. The fourth-order valence-electron chi connectivity index (χ4n) is 3.92. The van der Waals surface area contributed by atoms with Crippen LogP contribution in [0.3, 0.4) is 0 Å². The van der Waals surface area contributed by atoms with Crippen LogP contribution in [0.5, 0.6) is 0 Å². The molecule has 2 aliphatic heterocycles. The van der Waals surface area contributed by atoms with E-state index in [1.54, 1.807) is 0 Å². The Labute approximate surface area is 159 Å². The first-order valence-electron chi connectivity index (χ1n) is 9.55. The number of nitrogens with one attached hydrogen (secondary N) is 1. The maximum Gasteiger partial charge on any atom is 0.353 e. The van der Waals surface area contributed by atoms with Crippen molar-refractivity contribution in [2.24, 2.45) is 11.8 Å². The Balaban J connectivity index is 1.75. The van der Waals surface area contributed by atoms with Crippen molar-refractivity contribution in [1.82, 2.24) is 14.9 Å². The van der Waals surface area contributed by atoms with Crippen molar-refractivity contribution in [3.8, 4) is 0 Å². The van der Waals surface area contributed by atoms with E-state index in [-0.39, 0.29) is 11.5 Å². The molecule has 2 fully saturated rings. The monoisotopic (exact) mass is 379 g/mol. The lowest BCUT2D eigenvalue weighted by Crippen LogP contribution is -2.40. The number of nitrogens with two attached hydrogens (primary N) is 1. The van der Waals surface area contributed by atoms with Crippen LogP contribution in [-0.4, -0.2) is 72.3 Å². The summed E-state index contributed by atoms with van der Waals surface area (Å²) in [7, 11) is 0. The molecule has 0 aliphatic carbocycles. The highest BCUT2D eigenvalue weighted by Gasteiger charge is 2.31. The van der Waals surface area contributed by atoms with Crippen molar-refractivity contribution in [3.63, 3.8) is 0 Å². The zero-order valence-electron chi connectivity index (χ0n) is 16.1. The Morgan fingerprint density at radius 2 is 1.93 bits per heavy atom. The molecule has 3 rings (SSSR count). The molecule has 3 heterocycles. The molecule has 0 bridgehead atoms. The number of anilines is 3. The first kappa shape index (κ1) is 19.6. The molecule has 1 aromatic heterocycles. The molecule has 0 radical (unpaired) electrons. The van der Waals surface area contributed by atoms with Gasteiger partial charge in [-0.2, -0.15) is 9.97 Å². The molecule has 0 unspecified atom stereocenters. The summed E-state index contributed by atoms with van der Waals surface area (Å²) in [5, 5.41) is 14.7. The number of hydrogen-bond acceptors (Lipinski definition) is 9. The first-order valence-corrected chi connectivity index (χ1v) is 9.55. The quantitative estimate of drug-likeness (QED) is 0.554. The zero-order chi connectivity index (χ0) is 19.4. The topological polar surface area (TPSA) is 123 Å². The lowest BCUT2D eigenvalue weighted by molar-refractivity contribution is -0.383. The van der Waals surface area contributed by atoms with Gasteiger partial charge in [-0.15, -0.1) is 0 Å². The van der Waals surface area contributed by atoms with Gasteiger partial charge in [0.15, 0.2) is 0 Å². The van der Waals surface area contributed by atoms with Crippen LogP contribution in [0.4, 0.5) is 23.3 Å². The summed E-state index contributed by atoms with van der Waals surface area (Å²) < 4.78 is 5.34. The highest BCUT2D eigenvalue weighted by Crippen LogP contribution is 2.35. The highest BCUT2D eigenvalue weighted by molar-refractivity contribution is 5.71. The molecule has 10 heteroatoms. The predicted molar refractivity (Wildman–Crippen MR) is 104 cm³/mol. The minimum Gasteiger partial charge on any atom is -0.379 e. The van der Waals surface area contributed by atoms with E-state index in [2.05, 4.69) is 34.0 Å². The Kier molecular flexibility index (Phi) is 6.27. The number of nitrogen functional groups attached to an aromatic ring is 1. The van der Waals surface area contributed by atoms with Crippen molar-refractivity contribution < 1.29 is 9.66 Å². The molecule has 1 aromatic rings. The molecule has 2 saturated heterocycles. The number of rotatable bonds is 6. The van der Waals surface area contributed by atoms with E-state index >= 15 is 0 Å². The van der Waals surface area contributed by atoms with Gasteiger partial charge in [0.1, 0.15) is 0 Å². The van der Waals surface area contributed by atoms with Gasteiger partial charge in [-0.05, 0) is 18.3 Å². The number of nitro groups is 1. The van der Waals surface area contributed by atoms with E-state index in [1.165, 1.54) is 0 Å². The number of hydrogen-bond donors (Lipinski definition) is 2. The summed E-state index contributed by atoms with van der Waals surface area (Å²) >= 11 is 0. The van der Waals surface area contributed by atoms with Crippen LogP contribution in [0.2, 0.25) is 0 Å². The van der Waals surface area contributed by atoms with E-state index in [4.69, 9.17) is 10.5 Å². The van der Waals surface area contributed by atoms with Crippen LogP contribution in [0, 0.1) is 22.0 Å². The second-order valence-corrected chi connectivity index (χ2v) is 7.59. The standard InChI is InChI=1S/C17H29N7O3/c1-12-9-13(2)11-23(10-12)16-14(24(25)26)15(18)20-17(21-16)19-3-4-22-5-7-27-8-6-22/h12-13H,3-11H2,1-2H3,(H3,18,19,20,21)/t12-,13+. The van der Waals surface area contributed by atoms with E-state index in [9.17, 15) is 10.1 Å². The molecular weight excluding hydrogens is 350 g/mol. The molecule has 150 valence electrons. The van der Waals surface area contributed by atoms with Gasteiger partial charge in [0.05, 0.1) is 18.1 Å². The molecule has 3 N–H and O–H groups in total. The van der Waals surface area contributed by atoms with Crippen molar-refractivity contribution in [2.45, 2.75) is 20.3 Å². The second kappa shape index (κ2) is 8.66. The average Bonchev–Trinajstić information content (AvgIpc) is 2.61. The Hall–Kier alpha value is -2.20. The largest absolute Gasteiger partial charge is 0.379 e. The minimum absolute atomic E-state index is 0.0928. The van der Waals surface area contributed by atoms with E-state index in [1.807, 2.05) is 4.90 Å². The molecule has 0 amide bonds. The van der Waals surface area contributed by atoms with Gasteiger partial charge >= 0.3 is 5.69 Å². The lowest BCUT2D eigenvalue weighted by atomic mass is 9.92. The third-order valence-electron chi connectivity index (χ3n) is 5.06. The van der Waals surface area contributed by atoms with Gasteiger partial charge in [0.25, 0.3) is 0 Å². The van der Waals surface area contributed by atoms with Gasteiger partial charge < -0.3 is 20.7 Å². The van der Waals surface area contributed by atoms with Crippen LogP contribution < -0.4 is 16.0 Å². The molecule has 0 saturated carbocycles. The van der Waals surface area contributed by atoms with Crippen LogP contribution in [0.1, 0.15) is 20.3 Å². The number of morpholine rings is 1. The first-order chi connectivity index (χ1) is 12.9. The van der Waals surface area contributed by atoms with Crippen LogP contribution >= 0.6 is 0 Å². The molecular formula is C17H29N7O3. The Morgan fingerprint density at radius 1 is 1.26 bits per heavy atom. The lowest BCUT2D eigenvalue weighted by Gasteiger charge is -2.35. The zero-order valence-corrected chi connectivity index (χ0v) is 16.1. The van der Waals surface area contributed by atoms with Gasteiger partial charge in [-0.1, -0.05) is 13.8 Å². The van der Waals surface area contributed by atoms with Crippen LogP contribution in [0.25, 0.3) is 0 Å². The summed E-state index contributed by atoms with van der Waals surface area (Å²) in [6.07, 6.45) is 1.11. The molecule has 10 nitrogen and oxygen atoms in total. The number of piperidine rings is 1. The predicted octanol–water partition coefficient (Wildman–Crippen LogP) is 1.19. The van der Waals surface area contributed by atoms with Crippen LogP contribution in [-0.2, 0) is 4.74 Å². The maximum atomic E-state index is 11.6. The smallest absolute Gasteiger partial charge is 0.353 e. The van der Waals surface area contributed by atoms with Gasteiger partial charge in [0.2, 0.25) is 17.6 Å². The summed E-state index contributed by atoms with van der Waals surface area (Å²) in [6, 6.07) is 0. The average molecular weight is 379 g/mol. The van der Waals surface area contributed by atoms with Crippen molar-refractivity contribution in [3.05, 3.63) is 10.1 Å². The number of ether oxygens (including phenoxy) is 1. The second-order valence-electron chi connectivity index (χ2n) is 7.59.